The van der Waals surface area contributed by atoms with Crippen LogP contribution in [0.3, 0.4) is 0 Å². The molecule has 0 unspecified atom stereocenters. The van der Waals surface area contributed by atoms with E-state index in [9.17, 15) is 9.59 Å². The fourth-order valence-corrected chi connectivity index (χ4v) is 3.70. The molecule has 0 atom stereocenters. The van der Waals surface area contributed by atoms with E-state index >= 15 is 0 Å². The zero-order valence-electron chi connectivity index (χ0n) is 17.0. The first-order chi connectivity index (χ1) is 13.5. The lowest BCUT2D eigenvalue weighted by atomic mass is 10.0. The number of benzene rings is 2. The quantitative estimate of drug-likeness (QED) is 0.700. The van der Waals surface area contributed by atoms with Gasteiger partial charge in [-0.2, -0.15) is 0 Å². The molecule has 0 aliphatic rings. The highest BCUT2D eigenvalue weighted by Gasteiger charge is 2.26. The molecule has 146 valence electrons. The van der Waals surface area contributed by atoms with Crippen molar-refractivity contribution in [2.75, 3.05) is 23.3 Å². The Kier molecular flexibility index (Phi) is 5.83. The lowest BCUT2D eigenvalue weighted by Crippen LogP contribution is -2.37. The van der Waals surface area contributed by atoms with Crippen LogP contribution in [0.5, 0.6) is 0 Å². The van der Waals surface area contributed by atoms with Crippen LogP contribution < -0.4 is 15.8 Å². The standard InChI is InChI=1S/C23H27N3O2/c1-5-16-12-11-15-18-19(16)21(24-6-2)20(22(27)25(18)4)23(28)26(7-3)17-13-9-8-10-14-17/h8-15,24H,5-7H2,1-4H3. The first-order valence-electron chi connectivity index (χ1n) is 9.80. The Morgan fingerprint density at radius 2 is 1.75 bits per heavy atom. The second-order valence-electron chi connectivity index (χ2n) is 6.69. The molecule has 3 rings (SSSR count). The fourth-order valence-electron chi connectivity index (χ4n) is 3.70. The number of hydrogen-bond acceptors (Lipinski definition) is 3. The topological polar surface area (TPSA) is 54.3 Å². The summed E-state index contributed by atoms with van der Waals surface area (Å²) >= 11 is 0. The van der Waals surface area contributed by atoms with Gasteiger partial charge >= 0.3 is 0 Å². The number of hydrogen-bond donors (Lipinski definition) is 1. The Morgan fingerprint density at radius 1 is 1.04 bits per heavy atom. The lowest BCUT2D eigenvalue weighted by Gasteiger charge is -2.24. The van der Waals surface area contributed by atoms with Crippen molar-refractivity contribution in [2.24, 2.45) is 7.05 Å². The largest absolute Gasteiger partial charge is 0.384 e. The SMILES string of the molecule is CCNc1c(C(=O)N(CC)c2ccccc2)c(=O)n(C)c2cccc(CC)c12. The van der Waals surface area contributed by atoms with Crippen molar-refractivity contribution >= 4 is 28.2 Å². The minimum atomic E-state index is -0.281. The Bertz CT molecular complexity index is 1050. The van der Waals surface area contributed by atoms with Crippen LogP contribution in [-0.4, -0.2) is 23.6 Å². The van der Waals surface area contributed by atoms with E-state index in [1.165, 1.54) is 0 Å². The van der Waals surface area contributed by atoms with Crippen molar-refractivity contribution < 1.29 is 4.79 Å². The second-order valence-corrected chi connectivity index (χ2v) is 6.69. The van der Waals surface area contributed by atoms with Gasteiger partial charge in [-0.15, -0.1) is 0 Å². The van der Waals surface area contributed by atoms with E-state index in [2.05, 4.69) is 18.3 Å². The predicted molar refractivity (Wildman–Crippen MR) is 117 cm³/mol. The number of pyridine rings is 1. The summed E-state index contributed by atoms with van der Waals surface area (Å²) in [4.78, 5) is 28.5. The number of nitrogens with zero attached hydrogens (tertiary/aromatic N) is 2. The van der Waals surface area contributed by atoms with Gasteiger partial charge in [0.05, 0.1) is 11.2 Å². The van der Waals surface area contributed by atoms with E-state index in [0.29, 0.717) is 18.8 Å². The molecule has 3 aromatic rings. The molecule has 1 N–H and O–H groups in total. The van der Waals surface area contributed by atoms with Gasteiger partial charge in [-0.3, -0.25) is 9.59 Å². The Balaban J connectivity index is 2.33. The highest BCUT2D eigenvalue weighted by atomic mass is 16.2. The Morgan fingerprint density at radius 3 is 2.36 bits per heavy atom. The summed E-state index contributed by atoms with van der Waals surface area (Å²) in [7, 11) is 1.73. The van der Waals surface area contributed by atoms with E-state index in [4.69, 9.17) is 0 Å². The maximum atomic E-state index is 13.6. The van der Waals surface area contributed by atoms with E-state index in [0.717, 1.165) is 28.6 Å². The number of aromatic nitrogens is 1. The smallest absolute Gasteiger partial charge is 0.266 e. The molecule has 5 heteroatoms. The molecule has 5 nitrogen and oxygen atoms in total. The molecule has 0 bridgehead atoms. The summed E-state index contributed by atoms with van der Waals surface area (Å²) in [6.45, 7) is 7.07. The van der Waals surface area contributed by atoms with Crippen LogP contribution in [0.2, 0.25) is 0 Å². The average molecular weight is 377 g/mol. The lowest BCUT2D eigenvalue weighted by molar-refractivity contribution is 0.0987. The molecular weight excluding hydrogens is 350 g/mol. The van der Waals surface area contributed by atoms with Crippen molar-refractivity contribution in [2.45, 2.75) is 27.2 Å². The van der Waals surface area contributed by atoms with Crippen LogP contribution in [0.1, 0.15) is 36.7 Å². The zero-order chi connectivity index (χ0) is 20.3. The molecule has 0 saturated heterocycles. The molecule has 0 radical (unpaired) electrons. The van der Waals surface area contributed by atoms with Gasteiger partial charge < -0.3 is 14.8 Å². The number of anilines is 2. The summed E-state index contributed by atoms with van der Waals surface area (Å²) in [5.41, 5.74) is 3.28. The molecule has 1 aromatic heterocycles. The maximum Gasteiger partial charge on any atom is 0.266 e. The van der Waals surface area contributed by atoms with Crippen LogP contribution in [0.25, 0.3) is 10.9 Å². The van der Waals surface area contributed by atoms with Crippen molar-refractivity contribution in [3.8, 4) is 0 Å². The number of carbonyl (C=O) groups is 1. The number of fused-ring (bicyclic) bond motifs is 1. The molecule has 1 heterocycles. The van der Waals surface area contributed by atoms with Gasteiger partial charge in [0.1, 0.15) is 5.56 Å². The molecule has 0 aliphatic carbocycles. The number of aryl methyl sites for hydroxylation is 2. The first kappa shape index (κ1) is 19.7. The Hall–Kier alpha value is -3.08. The molecule has 0 spiro atoms. The Labute approximate surface area is 165 Å². The minimum Gasteiger partial charge on any atom is -0.384 e. The van der Waals surface area contributed by atoms with E-state index in [1.807, 2.05) is 56.3 Å². The van der Waals surface area contributed by atoms with Crippen LogP contribution in [0, 0.1) is 0 Å². The van der Waals surface area contributed by atoms with Crippen molar-refractivity contribution in [1.29, 1.82) is 0 Å². The monoisotopic (exact) mass is 377 g/mol. The molecule has 0 saturated carbocycles. The number of nitrogens with one attached hydrogen (secondary N) is 1. The summed E-state index contributed by atoms with van der Waals surface area (Å²) in [6, 6.07) is 15.4. The van der Waals surface area contributed by atoms with Crippen LogP contribution in [0.15, 0.2) is 53.3 Å². The van der Waals surface area contributed by atoms with Crippen LogP contribution in [0.4, 0.5) is 11.4 Å². The molecular formula is C23H27N3O2. The van der Waals surface area contributed by atoms with E-state index in [1.54, 1.807) is 16.5 Å². The van der Waals surface area contributed by atoms with Gasteiger partial charge in [-0.1, -0.05) is 37.3 Å². The van der Waals surface area contributed by atoms with E-state index < -0.39 is 0 Å². The average Bonchev–Trinajstić information content (AvgIpc) is 2.72. The maximum absolute atomic E-state index is 13.6. The number of para-hydroxylation sites is 1. The zero-order valence-corrected chi connectivity index (χ0v) is 17.0. The number of amides is 1. The molecule has 0 aliphatic heterocycles. The highest BCUT2D eigenvalue weighted by molar-refractivity contribution is 6.14. The van der Waals surface area contributed by atoms with Crippen LogP contribution in [-0.2, 0) is 13.5 Å². The van der Waals surface area contributed by atoms with Gasteiger partial charge in [0.15, 0.2) is 0 Å². The third-order valence-electron chi connectivity index (χ3n) is 5.09. The normalized spacial score (nSPS) is 10.9. The highest BCUT2D eigenvalue weighted by Crippen LogP contribution is 2.30. The minimum absolute atomic E-state index is 0.198. The van der Waals surface area contributed by atoms with Crippen LogP contribution >= 0.6 is 0 Å². The third-order valence-corrected chi connectivity index (χ3v) is 5.09. The van der Waals surface area contributed by atoms with E-state index in [-0.39, 0.29) is 17.0 Å². The van der Waals surface area contributed by atoms with Crippen molar-refractivity contribution in [3.63, 3.8) is 0 Å². The summed E-state index contributed by atoms with van der Waals surface area (Å²) < 4.78 is 1.58. The predicted octanol–water partition coefficient (Wildman–Crippen LogP) is 4.20. The number of rotatable bonds is 6. The van der Waals surface area contributed by atoms with Gasteiger partial charge in [0, 0.05) is 31.2 Å². The molecule has 0 fully saturated rings. The number of carbonyl (C=O) groups excluding carboxylic acids is 1. The second kappa shape index (κ2) is 8.30. The van der Waals surface area contributed by atoms with Gasteiger partial charge in [0.25, 0.3) is 11.5 Å². The molecule has 2 aromatic carbocycles. The fraction of sp³-hybridized carbons (Fsp3) is 0.304. The summed E-state index contributed by atoms with van der Waals surface area (Å²) in [5.74, 6) is -0.280. The molecule has 28 heavy (non-hydrogen) atoms. The van der Waals surface area contributed by atoms with Gasteiger partial charge in [-0.05, 0) is 44.0 Å². The van der Waals surface area contributed by atoms with Crippen molar-refractivity contribution in [3.05, 3.63) is 70.0 Å². The van der Waals surface area contributed by atoms with Gasteiger partial charge in [-0.25, -0.2) is 0 Å². The first-order valence-corrected chi connectivity index (χ1v) is 9.80. The summed E-state index contributed by atoms with van der Waals surface area (Å²) in [5, 5.41) is 4.26. The summed E-state index contributed by atoms with van der Waals surface area (Å²) in [6.07, 6.45) is 0.817. The third kappa shape index (κ3) is 3.28. The van der Waals surface area contributed by atoms with Gasteiger partial charge in [0.2, 0.25) is 0 Å². The molecule has 1 amide bonds. The van der Waals surface area contributed by atoms with Crippen molar-refractivity contribution in [1.82, 2.24) is 4.57 Å².